The van der Waals surface area contributed by atoms with Crippen molar-refractivity contribution in [3.8, 4) is 0 Å². The molecule has 0 amide bonds. The fourth-order valence-corrected chi connectivity index (χ4v) is 2.19. The van der Waals surface area contributed by atoms with E-state index in [1.165, 1.54) is 12.1 Å². The number of nitro benzene ring substituents is 1. The van der Waals surface area contributed by atoms with Gasteiger partial charge >= 0.3 is 0 Å². The molecule has 1 aliphatic rings. The molecule has 2 rings (SSSR count). The van der Waals surface area contributed by atoms with E-state index in [4.69, 9.17) is 0 Å². The summed E-state index contributed by atoms with van der Waals surface area (Å²) in [6.07, 6.45) is 1.05. The Labute approximate surface area is 105 Å². The topological polar surface area (TPSA) is 58.4 Å². The fraction of sp³-hybridized carbons (Fsp3) is 0.500. The van der Waals surface area contributed by atoms with Gasteiger partial charge in [-0.05, 0) is 26.1 Å². The van der Waals surface area contributed by atoms with Crippen molar-refractivity contribution in [2.45, 2.75) is 19.0 Å². The third-order valence-electron chi connectivity index (χ3n) is 3.32. The van der Waals surface area contributed by atoms with Gasteiger partial charge in [0.05, 0.1) is 11.0 Å². The Hall–Kier alpha value is -1.53. The molecule has 0 aliphatic carbocycles. The van der Waals surface area contributed by atoms with E-state index in [0.717, 1.165) is 25.6 Å². The molecule has 0 saturated carbocycles. The Balaban J connectivity index is 2.06. The summed E-state index contributed by atoms with van der Waals surface area (Å²) in [6.45, 7) is 2.36. The predicted octanol–water partition coefficient (Wildman–Crippen LogP) is 1.53. The number of nitro groups is 1. The summed E-state index contributed by atoms with van der Waals surface area (Å²) in [4.78, 5) is 12.0. The highest BCUT2D eigenvalue weighted by atomic mass is 19.1. The Kier molecular flexibility index (Phi) is 3.88. The van der Waals surface area contributed by atoms with Crippen LogP contribution in [-0.4, -0.2) is 36.0 Å². The minimum absolute atomic E-state index is 0.207. The summed E-state index contributed by atoms with van der Waals surface area (Å²) in [7, 11) is 1.94. The molecule has 18 heavy (non-hydrogen) atoms. The first-order chi connectivity index (χ1) is 8.58. The van der Waals surface area contributed by atoms with Crippen molar-refractivity contribution in [1.82, 2.24) is 10.2 Å². The number of nitrogens with zero attached hydrogens (tertiary/aromatic N) is 2. The van der Waals surface area contributed by atoms with Gasteiger partial charge in [-0.25, -0.2) is 4.39 Å². The first-order valence-electron chi connectivity index (χ1n) is 5.91. The second-order valence-electron chi connectivity index (χ2n) is 4.59. The zero-order valence-electron chi connectivity index (χ0n) is 10.2. The smallest absolute Gasteiger partial charge is 0.272 e. The molecule has 1 aliphatic heterocycles. The number of hydrogen-bond acceptors (Lipinski definition) is 4. The molecule has 5 nitrogen and oxygen atoms in total. The molecule has 0 spiro atoms. The normalized spacial score (nSPS) is 19.4. The van der Waals surface area contributed by atoms with E-state index in [2.05, 4.69) is 10.2 Å². The van der Waals surface area contributed by atoms with Crippen LogP contribution in [-0.2, 0) is 6.54 Å². The molecule has 0 radical (unpaired) electrons. The number of rotatable bonds is 4. The molecule has 1 aromatic carbocycles. The third kappa shape index (κ3) is 2.83. The van der Waals surface area contributed by atoms with E-state index in [1.54, 1.807) is 0 Å². The van der Waals surface area contributed by atoms with E-state index in [0.29, 0.717) is 18.2 Å². The largest absolute Gasteiger partial charge is 0.315 e. The van der Waals surface area contributed by atoms with Crippen molar-refractivity contribution >= 4 is 5.69 Å². The molecule has 1 heterocycles. The minimum Gasteiger partial charge on any atom is -0.315 e. The van der Waals surface area contributed by atoms with Crippen LogP contribution in [0.2, 0.25) is 0 Å². The Morgan fingerprint density at radius 3 is 2.94 bits per heavy atom. The standard InChI is InChI=1S/C12H16FN3O2/c1-15(11-4-5-14-7-11)8-9-2-3-10(16(17)18)6-12(9)13/h2-3,6,11,14H,4-5,7-8H2,1H3. The molecule has 1 N–H and O–H groups in total. The van der Waals surface area contributed by atoms with Crippen molar-refractivity contribution in [3.05, 3.63) is 39.7 Å². The number of halogens is 1. The molecule has 1 unspecified atom stereocenters. The van der Waals surface area contributed by atoms with E-state index in [9.17, 15) is 14.5 Å². The number of hydrogen-bond donors (Lipinski definition) is 1. The van der Waals surface area contributed by atoms with E-state index >= 15 is 0 Å². The third-order valence-corrected chi connectivity index (χ3v) is 3.32. The van der Waals surface area contributed by atoms with Gasteiger partial charge in [-0.2, -0.15) is 0 Å². The number of likely N-dealkylation sites (N-methyl/N-ethyl adjacent to an activating group) is 1. The monoisotopic (exact) mass is 253 g/mol. The fourth-order valence-electron chi connectivity index (χ4n) is 2.19. The summed E-state index contributed by atoms with van der Waals surface area (Å²) in [6, 6.07) is 4.22. The number of benzene rings is 1. The van der Waals surface area contributed by atoms with Crippen molar-refractivity contribution < 1.29 is 9.31 Å². The van der Waals surface area contributed by atoms with Crippen molar-refractivity contribution in [2.75, 3.05) is 20.1 Å². The summed E-state index contributed by atoms with van der Waals surface area (Å²) in [5.74, 6) is -0.512. The lowest BCUT2D eigenvalue weighted by Gasteiger charge is -2.23. The molecule has 0 bridgehead atoms. The van der Waals surface area contributed by atoms with Crippen LogP contribution in [0.5, 0.6) is 0 Å². The average Bonchev–Trinajstić information content (AvgIpc) is 2.85. The maximum Gasteiger partial charge on any atom is 0.272 e. The molecular formula is C12H16FN3O2. The van der Waals surface area contributed by atoms with Crippen LogP contribution in [0.1, 0.15) is 12.0 Å². The average molecular weight is 253 g/mol. The molecule has 1 saturated heterocycles. The molecule has 6 heteroatoms. The number of non-ortho nitro benzene ring substituents is 1. The van der Waals surface area contributed by atoms with Gasteiger partial charge in [0.2, 0.25) is 0 Å². The molecule has 98 valence electrons. The van der Waals surface area contributed by atoms with Gasteiger partial charge in [0, 0.05) is 30.8 Å². The first-order valence-corrected chi connectivity index (χ1v) is 5.91. The second-order valence-corrected chi connectivity index (χ2v) is 4.59. The van der Waals surface area contributed by atoms with Gasteiger partial charge in [0.15, 0.2) is 0 Å². The summed E-state index contributed by atoms with van der Waals surface area (Å²) in [5, 5.41) is 13.8. The zero-order chi connectivity index (χ0) is 13.1. The second kappa shape index (κ2) is 5.41. The van der Waals surface area contributed by atoms with Crippen LogP contribution in [0.25, 0.3) is 0 Å². The van der Waals surface area contributed by atoms with Gasteiger partial charge in [0.1, 0.15) is 5.82 Å². The van der Waals surface area contributed by atoms with Crippen molar-refractivity contribution in [2.24, 2.45) is 0 Å². The highest BCUT2D eigenvalue weighted by Crippen LogP contribution is 2.19. The SMILES string of the molecule is CN(Cc1ccc([N+](=O)[O-])cc1F)C1CCNC1. The van der Waals surface area contributed by atoms with Gasteiger partial charge in [0.25, 0.3) is 5.69 Å². The first kappa shape index (κ1) is 12.9. The number of nitrogens with one attached hydrogen (secondary N) is 1. The Morgan fingerprint density at radius 1 is 1.61 bits per heavy atom. The van der Waals surface area contributed by atoms with Gasteiger partial charge in [-0.3, -0.25) is 15.0 Å². The lowest BCUT2D eigenvalue weighted by atomic mass is 10.1. The van der Waals surface area contributed by atoms with Crippen LogP contribution in [0.4, 0.5) is 10.1 Å². The van der Waals surface area contributed by atoms with Crippen LogP contribution < -0.4 is 5.32 Å². The van der Waals surface area contributed by atoms with E-state index < -0.39 is 10.7 Å². The van der Waals surface area contributed by atoms with Gasteiger partial charge in [-0.15, -0.1) is 0 Å². The highest BCUT2D eigenvalue weighted by Gasteiger charge is 2.20. The lowest BCUT2D eigenvalue weighted by molar-refractivity contribution is -0.385. The summed E-state index contributed by atoms with van der Waals surface area (Å²) in [5.41, 5.74) is 0.288. The predicted molar refractivity (Wildman–Crippen MR) is 65.8 cm³/mol. The minimum atomic E-state index is -0.586. The van der Waals surface area contributed by atoms with E-state index in [-0.39, 0.29) is 5.69 Å². The quantitative estimate of drug-likeness (QED) is 0.653. The molecule has 0 aromatic heterocycles. The molecule has 1 fully saturated rings. The van der Waals surface area contributed by atoms with Crippen LogP contribution in [0.15, 0.2) is 18.2 Å². The molecule has 1 aromatic rings. The maximum absolute atomic E-state index is 13.7. The summed E-state index contributed by atoms with van der Waals surface area (Å²) >= 11 is 0. The Bertz CT molecular complexity index is 447. The van der Waals surface area contributed by atoms with Gasteiger partial charge in [-0.1, -0.05) is 0 Å². The zero-order valence-corrected chi connectivity index (χ0v) is 10.2. The van der Waals surface area contributed by atoms with Crippen LogP contribution in [0.3, 0.4) is 0 Å². The van der Waals surface area contributed by atoms with Gasteiger partial charge < -0.3 is 5.32 Å². The Morgan fingerprint density at radius 2 is 2.39 bits per heavy atom. The summed E-state index contributed by atoms with van der Waals surface area (Å²) < 4.78 is 13.7. The maximum atomic E-state index is 13.7. The van der Waals surface area contributed by atoms with Crippen molar-refractivity contribution in [1.29, 1.82) is 0 Å². The highest BCUT2D eigenvalue weighted by molar-refractivity contribution is 5.34. The van der Waals surface area contributed by atoms with E-state index in [1.807, 2.05) is 7.05 Å². The van der Waals surface area contributed by atoms with Crippen LogP contribution in [0, 0.1) is 15.9 Å². The van der Waals surface area contributed by atoms with Crippen molar-refractivity contribution in [3.63, 3.8) is 0 Å². The molecular weight excluding hydrogens is 237 g/mol. The molecule has 1 atom stereocenters. The van der Waals surface area contributed by atoms with Crippen LogP contribution >= 0.6 is 0 Å². The lowest BCUT2D eigenvalue weighted by Crippen LogP contribution is -2.33.